The van der Waals surface area contributed by atoms with E-state index in [1.54, 1.807) is 0 Å². The van der Waals surface area contributed by atoms with Gasteiger partial charge >= 0.3 is 0 Å². The van der Waals surface area contributed by atoms with Gasteiger partial charge < -0.3 is 5.32 Å². The maximum atomic E-state index is 11.2. The molecule has 1 aromatic carbocycles. The summed E-state index contributed by atoms with van der Waals surface area (Å²) in [5, 5.41) is 11.0. The van der Waals surface area contributed by atoms with Gasteiger partial charge in [0.2, 0.25) is 5.91 Å². The van der Waals surface area contributed by atoms with Gasteiger partial charge in [0.1, 0.15) is 0 Å². The highest BCUT2D eigenvalue weighted by molar-refractivity contribution is 5.85. The van der Waals surface area contributed by atoms with Gasteiger partial charge in [-0.2, -0.15) is 5.10 Å². The molecule has 1 amide bonds. The lowest BCUT2D eigenvalue weighted by Gasteiger charge is -2.08. The van der Waals surface area contributed by atoms with Crippen LogP contribution in [0.5, 0.6) is 0 Å². The number of benzene rings is 1. The lowest BCUT2D eigenvalue weighted by Crippen LogP contribution is -2.13. The standard InChI is InChI=1S/C11H11N3O/c15-10-4-8(5-12-10)9-3-1-2-7-6-13-14-11(7)9/h1-3,6,8H,4-5H2,(H,12,15)(H,13,14). The normalized spacial score (nSPS) is 20.8. The van der Waals surface area contributed by atoms with Gasteiger partial charge in [-0.1, -0.05) is 18.2 Å². The highest BCUT2D eigenvalue weighted by Crippen LogP contribution is 2.28. The number of H-pyrrole nitrogens is 1. The third kappa shape index (κ3) is 1.29. The van der Waals surface area contributed by atoms with E-state index in [0.717, 1.165) is 17.4 Å². The van der Waals surface area contributed by atoms with Crippen LogP contribution < -0.4 is 5.32 Å². The molecule has 0 aliphatic carbocycles. The van der Waals surface area contributed by atoms with Crippen LogP contribution in [0.4, 0.5) is 0 Å². The Morgan fingerprint density at radius 3 is 3.13 bits per heavy atom. The molecule has 1 aliphatic heterocycles. The molecule has 4 heteroatoms. The Kier molecular flexibility index (Phi) is 1.74. The zero-order valence-electron chi connectivity index (χ0n) is 8.16. The summed E-state index contributed by atoms with van der Waals surface area (Å²) in [4.78, 5) is 11.2. The number of nitrogens with one attached hydrogen (secondary N) is 2. The largest absolute Gasteiger partial charge is 0.355 e. The van der Waals surface area contributed by atoms with Gasteiger partial charge in [-0.15, -0.1) is 0 Å². The van der Waals surface area contributed by atoms with Crippen LogP contribution in [-0.2, 0) is 4.79 Å². The number of carbonyl (C=O) groups excluding carboxylic acids is 1. The maximum Gasteiger partial charge on any atom is 0.220 e. The van der Waals surface area contributed by atoms with Crippen molar-refractivity contribution < 1.29 is 4.79 Å². The highest BCUT2D eigenvalue weighted by atomic mass is 16.1. The van der Waals surface area contributed by atoms with Crippen LogP contribution in [-0.4, -0.2) is 22.6 Å². The van der Waals surface area contributed by atoms with E-state index in [0.29, 0.717) is 6.42 Å². The van der Waals surface area contributed by atoms with Gasteiger partial charge in [-0.3, -0.25) is 9.89 Å². The predicted octanol–water partition coefficient (Wildman–Crippen LogP) is 1.17. The molecule has 4 nitrogen and oxygen atoms in total. The first kappa shape index (κ1) is 8.47. The molecule has 2 N–H and O–H groups in total. The zero-order chi connectivity index (χ0) is 10.3. The van der Waals surface area contributed by atoms with Crippen LogP contribution >= 0.6 is 0 Å². The second-order valence-corrected chi connectivity index (χ2v) is 3.89. The van der Waals surface area contributed by atoms with Crippen LogP contribution in [0, 0.1) is 0 Å². The van der Waals surface area contributed by atoms with Crippen molar-refractivity contribution in [3.63, 3.8) is 0 Å². The predicted molar refractivity (Wildman–Crippen MR) is 56.5 cm³/mol. The van der Waals surface area contributed by atoms with Crippen molar-refractivity contribution in [1.29, 1.82) is 0 Å². The maximum absolute atomic E-state index is 11.2. The third-order valence-corrected chi connectivity index (χ3v) is 2.93. The number of fused-ring (bicyclic) bond motifs is 1. The zero-order valence-corrected chi connectivity index (χ0v) is 8.16. The molecule has 0 spiro atoms. The monoisotopic (exact) mass is 201 g/mol. The summed E-state index contributed by atoms with van der Waals surface area (Å²) in [6, 6.07) is 6.09. The Hall–Kier alpha value is -1.84. The molecule has 1 saturated heterocycles. The summed E-state index contributed by atoms with van der Waals surface area (Å²) >= 11 is 0. The fourth-order valence-electron chi connectivity index (χ4n) is 2.16. The van der Waals surface area contributed by atoms with Crippen molar-refractivity contribution in [2.75, 3.05) is 6.54 Å². The van der Waals surface area contributed by atoms with Crippen LogP contribution in [0.25, 0.3) is 10.9 Å². The molecule has 0 saturated carbocycles. The van der Waals surface area contributed by atoms with E-state index in [2.05, 4.69) is 21.6 Å². The SMILES string of the molecule is O=C1CC(c2cccc3cn[nH]c23)CN1. The van der Waals surface area contributed by atoms with Crippen molar-refractivity contribution in [3.05, 3.63) is 30.0 Å². The van der Waals surface area contributed by atoms with Crippen LogP contribution in [0.3, 0.4) is 0 Å². The Morgan fingerprint density at radius 2 is 2.33 bits per heavy atom. The molecule has 1 unspecified atom stereocenters. The second-order valence-electron chi connectivity index (χ2n) is 3.89. The Labute approximate surface area is 86.7 Å². The number of hydrogen-bond acceptors (Lipinski definition) is 2. The van der Waals surface area contributed by atoms with Gasteiger partial charge in [-0.05, 0) is 5.56 Å². The minimum absolute atomic E-state index is 0.136. The first-order chi connectivity index (χ1) is 7.34. The summed E-state index contributed by atoms with van der Waals surface area (Å²) in [6.45, 7) is 0.733. The van der Waals surface area contributed by atoms with E-state index in [-0.39, 0.29) is 11.8 Å². The smallest absolute Gasteiger partial charge is 0.220 e. The van der Waals surface area contributed by atoms with E-state index in [4.69, 9.17) is 0 Å². The molecule has 0 radical (unpaired) electrons. The van der Waals surface area contributed by atoms with Crippen molar-refractivity contribution in [2.24, 2.45) is 0 Å². The minimum Gasteiger partial charge on any atom is -0.355 e. The second kappa shape index (κ2) is 3.08. The number of carbonyl (C=O) groups is 1. The summed E-state index contributed by atoms with van der Waals surface area (Å²) in [6.07, 6.45) is 2.39. The summed E-state index contributed by atoms with van der Waals surface area (Å²) in [7, 11) is 0. The number of hydrogen-bond donors (Lipinski definition) is 2. The minimum atomic E-state index is 0.136. The molecule has 1 aromatic heterocycles. The quantitative estimate of drug-likeness (QED) is 0.727. The van der Waals surface area contributed by atoms with Crippen LogP contribution in [0.15, 0.2) is 24.4 Å². The molecule has 76 valence electrons. The van der Waals surface area contributed by atoms with E-state index in [9.17, 15) is 4.79 Å². The van der Waals surface area contributed by atoms with Gasteiger partial charge in [0.25, 0.3) is 0 Å². The summed E-state index contributed by atoms with van der Waals surface area (Å²) in [5.74, 6) is 0.415. The third-order valence-electron chi connectivity index (χ3n) is 2.93. The molecule has 0 bridgehead atoms. The average Bonchev–Trinajstić information content (AvgIpc) is 2.84. The van der Waals surface area contributed by atoms with Crippen molar-refractivity contribution in [3.8, 4) is 0 Å². The van der Waals surface area contributed by atoms with Gasteiger partial charge in [0.05, 0.1) is 11.7 Å². The molecular weight excluding hydrogens is 190 g/mol. The average molecular weight is 201 g/mol. The fraction of sp³-hybridized carbons (Fsp3) is 0.273. The van der Waals surface area contributed by atoms with Crippen molar-refractivity contribution >= 4 is 16.8 Å². The van der Waals surface area contributed by atoms with Gasteiger partial charge in [0.15, 0.2) is 0 Å². The van der Waals surface area contributed by atoms with Gasteiger partial charge in [0, 0.05) is 24.3 Å². The molecule has 1 atom stereocenters. The van der Waals surface area contributed by atoms with E-state index in [1.165, 1.54) is 5.56 Å². The first-order valence-electron chi connectivity index (χ1n) is 5.03. The number of rotatable bonds is 1. The fourth-order valence-corrected chi connectivity index (χ4v) is 2.16. The molecular formula is C11H11N3O. The molecule has 1 fully saturated rings. The number of para-hydroxylation sites is 1. The van der Waals surface area contributed by atoms with Crippen LogP contribution in [0.2, 0.25) is 0 Å². The summed E-state index contributed by atoms with van der Waals surface area (Å²) < 4.78 is 0. The topological polar surface area (TPSA) is 57.8 Å². The van der Waals surface area contributed by atoms with Crippen molar-refractivity contribution in [1.82, 2.24) is 15.5 Å². The molecule has 2 heterocycles. The molecule has 2 aromatic rings. The Balaban J connectivity index is 2.10. The summed E-state index contributed by atoms with van der Waals surface area (Å²) in [5.41, 5.74) is 2.24. The first-order valence-corrected chi connectivity index (χ1v) is 5.03. The highest BCUT2D eigenvalue weighted by Gasteiger charge is 2.24. The van der Waals surface area contributed by atoms with E-state index < -0.39 is 0 Å². The number of aromatic nitrogens is 2. The molecule has 15 heavy (non-hydrogen) atoms. The Bertz CT molecular complexity index is 517. The van der Waals surface area contributed by atoms with E-state index >= 15 is 0 Å². The van der Waals surface area contributed by atoms with Gasteiger partial charge in [-0.25, -0.2) is 0 Å². The van der Waals surface area contributed by atoms with Crippen LogP contribution in [0.1, 0.15) is 17.9 Å². The van der Waals surface area contributed by atoms with Crippen molar-refractivity contribution in [2.45, 2.75) is 12.3 Å². The number of aromatic amines is 1. The van der Waals surface area contributed by atoms with E-state index in [1.807, 2.05) is 18.3 Å². The lowest BCUT2D eigenvalue weighted by atomic mass is 9.96. The molecule has 3 rings (SSSR count). The lowest BCUT2D eigenvalue weighted by molar-refractivity contribution is -0.119. The Morgan fingerprint density at radius 1 is 1.40 bits per heavy atom. The number of amides is 1. The number of nitrogens with zero attached hydrogens (tertiary/aromatic N) is 1. The molecule has 1 aliphatic rings.